The van der Waals surface area contributed by atoms with Crippen molar-refractivity contribution < 1.29 is 9.47 Å². The summed E-state index contributed by atoms with van der Waals surface area (Å²) in [5, 5.41) is 0.949. The zero-order valence-electron chi connectivity index (χ0n) is 15.1. The highest BCUT2D eigenvalue weighted by Gasteiger charge is 2.08. The molecule has 22 heavy (non-hydrogen) atoms. The number of alkyl halides is 1. The lowest BCUT2D eigenvalue weighted by Crippen LogP contribution is -2.19. The van der Waals surface area contributed by atoms with Crippen LogP contribution in [0, 0.1) is 0 Å². The Balaban J connectivity index is 3.44. The van der Waals surface area contributed by atoms with Gasteiger partial charge in [-0.05, 0) is 12.8 Å². The van der Waals surface area contributed by atoms with Crippen molar-refractivity contribution in [3.8, 4) is 0 Å². The van der Waals surface area contributed by atoms with E-state index in [0.29, 0.717) is 0 Å². The van der Waals surface area contributed by atoms with Crippen molar-refractivity contribution in [2.45, 2.75) is 104 Å². The van der Waals surface area contributed by atoms with Gasteiger partial charge in [-0.25, -0.2) is 0 Å². The van der Waals surface area contributed by atoms with E-state index < -0.39 is 0 Å². The summed E-state index contributed by atoms with van der Waals surface area (Å²) in [6, 6.07) is 0. The van der Waals surface area contributed by atoms with E-state index in [9.17, 15) is 0 Å². The topological polar surface area (TPSA) is 18.5 Å². The van der Waals surface area contributed by atoms with Crippen molar-refractivity contribution in [3.05, 3.63) is 0 Å². The van der Waals surface area contributed by atoms with Gasteiger partial charge in [0.25, 0.3) is 0 Å². The number of halogens is 1. The summed E-state index contributed by atoms with van der Waals surface area (Å²) in [5.41, 5.74) is 0. The van der Waals surface area contributed by atoms with Crippen LogP contribution in [0.3, 0.4) is 0 Å². The zero-order valence-corrected chi connectivity index (χ0v) is 16.7. The summed E-state index contributed by atoms with van der Waals surface area (Å²) < 4.78 is 11.8. The fourth-order valence-corrected chi connectivity index (χ4v) is 2.87. The minimum absolute atomic E-state index is 0.00865. The van der Waals surface area contributed by atoms with Crippen LogP contribution in [0.2, 0.25) is 0 Å². The lowest BCUT2D eigenvalue weighted by molar-refractivity contribution is -0.144. The molecule has 0 saturated carbocycles. The molecular weight excluding hydrogens is 340 g/mol. The Morgan fingerprint density at radius 1 is 0.636 bits per heavy atom. The predicted octanol–water partition coefficient (Wildman–Crippen LogP) is 6.85. The Kier molecular flexibility index (Phi) is 19.8. The zero-order chi connectivity index (χ0) is 16.3. The molecule has 0 spiro atoms. The van der Waals surface area contributed by atoms with Gasteiger partial charge in [-0.15, -0.1) is 0 Å². The third-order valence-electron chi connectivity index (χ3n) is 3.95. The van der Waals surface area contributed by atoms with Crippen LogP contribution in [0.5, 0.6) is 0 Å². The molecule has 0 aliphatic heterocycles. The first-order valence-corrected chi connectivity index (χ1v) is 10.8. The summed E-state index contributed by atoms with van der Waals surface area (Å²) in [4.78, 5) is 0. The molecule has 0 saturated heterocycles. The van der Waals surface area contributed by atoms with Gasteiger partial charge in [0.2, 0.25) is 0 Å². The van der Waals surface area contributed by atoms with Crippen molar-refractivity contribution in [2.24, 2.45) is 0 Å². The van der Waals surface area contributed by atoms with Gasteiger partial charge in [0.15, 0.2) is 6.29 Å². The standard InChI is InChI=1S/C19H39BrO2/c1-3-5-7-9-11-13-17-21-19(15-16-20)22-18-14-12-10-8-6-4-2/h19H,3-18H2,1-2H3. The Morgan fingerprint density at radius 3 is 1.45 bits per heavy atom. The fourth-order valence-electron chi connectivity index (χ4n) is 2.50. The molecule has 0 bridgehead atoms. The maximum atomic E-state index is 5.88. The first kappa shape index (κ1) is 22.4. The highest BCUT2D eigenvalue weighted by Crippen LogP contribution is 2.10. The fraction of sp³-hybridized carbons (Fsp3) is 1.00. The van der Waals surface area contributed by atoms with Crippen LogP contribution < -0.4 is 0 Å². The third kappa shape index (κ3) is 16.8. The minimum Gasteiger partial charge on any atom is -0.353 e. The van der Waals surface area contributed by atoms with Gasteiger partial charge in [0.05, 0.1) is 0 Å². The molecule has 2 nitrogen and oxygen atoms in total. The van der Waals surface area contributed by atoms with E-state index in [2.05, 4.69) is 29.8 Å². The van der Waals surface area contributed by atoms with Crippen LogP contribution in [0.1, 0.15) is 97.3 Å². The number of hydrogen-bond acceptors (Lipinski definition) is 2. The maximum absolute atomic E-state index is 5.88. The molecule has 0 N–H and O–H groups in total. The Bertz CT molecular complexity index is 182. The van der Waals surface area contributed by atoms with Crippen molar-refractivity contribution >= 4 is 15.9 Å². The normalized spacial score (nSPS) is 11.5. The second kappa shape index (κ2) is 19.4. The summed E-state index contributed by atoms with van der Waals surface area (Å²) in [5.74, 6) is 0. The van der Waals surface area contributed by atoms with Crippen molar-refractivity contribution in [3.63, 3.8) is 0 Å². The molecule has 0 atom stereocenters. The first-order chi connectivity index (χ1) is 10.8. The molecule has 0 aromatic carbocycles. The van der Waals surface area contributed by atoms with E-state index in [1.165, 1.54) is 77.0 Å². The molecule has 3 heteroatoms. The average Bonchev–Trinajstić information content (AvgIpc) is 2.53. The monoisotopic (exact) mass is 378 g/mol. The average molecular weight is 379 g/mol. The summed E-state index contributed by atoms with van der Waals surface area (Å²) in [6.07, 6.45) is 16.7. The van der Waals surface area contributed by atoms with Crippen LogP contribution in [0.25, 0.3) is 0 Å². The molecule has 0 fully saturated rings. The van der Waals surface area contributed by atoms with E-state index in [1.54, 1.807) is 0 Å². The maximum Gasteiger partial charge on any atom is 0.158 e. The van der Waals surface area contributed by atoms with Crippen LogP contribution >= 0.6 is 15.9 Å². The van der Waals surface area contributed by atoms with E-state index in [1.807, 2.05) is 0 Å². The molecule has 134 valence electrons. The van der Waals surface area contributed by atoms with E-state index >= 15 is 0 Å². The molecule has 0 radical (unpaired) electrons. The second-order valence-corrected chi connectivity index (χ2v) is 6.98. The molecule has 0 aromatic heterocycles. The Labute approximate surface area is 147 Å². The molecule has 0 aliphatic carbocycles. The summed E-state index contributed by atoms with van der Waals surface area (Å²) in [6.45, 7) is 6.21. The largest absolute Gasteiger partial charge is 0.353 e. The Morgan fingerprint density at radius 2 is 1.05 bits per heavy atom. The molecule has 0 amide bonds. The number of ether oxygens (including phenoxy) is 2. The van der Waals surface area contributed by atoms with Crippen LogP contribution in [0.15, 0.2) is 0 Å². The highest BCUT2D eigenvalue weighted by atomic mass is 79.9. The van der Waals surface area contributed by atoms with Crippen molar-refractivity contribution in [2.75, 3.05) is 18.5 Å². The van der Waals surface area contributed by atoms with Crippen molar-refractivity contribution in [1.82, 2.24) is 0 Å². The smallest absolute Gasteiger partial charge is 0.158 e. The lowest BCUT2D eigenvalue weighted by Gasteiger charge is -2.17. The molecule has 0 aliphatic rings. The minimum atomic E-state index is -0.00865. The van der Waals surface area contributed by atoms with Gasteiger partial charge < -0.3 is 9.47 Å². The van der Waals surface area contributed by atoms with Gasteiger partial charge in [-0.3, -0.25) is 0 Å². The highest BCUT2D eigenvalue weighted by molar-refractivity contribution is 9.09. The van der Waals surface area contributed by atoms with Gasteiger partial charge in [0.1, 0.15) is 0 Å². The molecular formula is C19H39BrO2. The van der Waals surface area contributed by atoms with E-state index in [-0.39, 0.29) is 6.29 Å². The van der Waals surface area contributed by atoms with Gasteiger partial charge >= 0.3 is 0 Å². The molecule has 0 unspecified atom stereocenters. The lowest BCUT2D eigenvalue weighted by atomic mass is 10.1. The predicted molar refractivity (Wildman–Crippen MR) is 101 cm³/mol. The summed E-state index contributed by atoms with van der Waals surface area (Å²) in [7, 11) is 0. The SMILES string of the molecule is CCCCCCCCOC(CCBr)OCCCCCCCC. The van der Waals surface area contributed by atoms with E-state index in [0.717, 1.165) is 25.0 Å². The number of rotatable bonds is 18. The van der Waals surface area contributed by atoms with Gasteiger partial charge in [-0.1, -0.05) is 94.0 Å². The van der Waals surface area contributed by atoms with Gasteiger partial charge in [-0.2, -0.15) is 0 Å². The number of unbranched alkanes of at least 4 members (excludes halogenated alkanes) is 10. The van der Waals surface area contributed by atoms with Crippen molar-refractivity contribution in [1.29, 1.82) is 0 Å². The molecule has 0 rings (SSSR count). The van der Waals surface area contributed by atoms with Crippen LogP contribution in [-0.2, 0) is 9.47 Å². The van der Waals surface area contributed by atoms with Crippen LogP contribution in [-0.4, -0.2) is 24.8 Å². The molecule has 0 aromatic rings. The quantitative estimate of drug-likeness (QED) is 0.147. The van der Waals surface area contributed by atoms with E-state index in [4.69, 9.17) is 9.47 Å². The van der Waals surface area contributed by atoms with Crippen LogP contribution in [0.4, 0.5) is 0 Å². The Hall–Kier alpha value is 0.400. The second-order valence-electron chi connectivity index (χ2n) is 6.18. The third-order valence-corrected chi connectivity index (χ3v) is 4.41. The first-order valence-electron chi connectivity index (χ1n) is 9.64. The molecule has 0 heterocycles. The summed E-state index contributed by atoms with van der Waals surface area (Å²) >= 11 is 3.49. The van der Waals surface area contributed by atoms with Gasteiger partial charge in [0, 0.05) is 25.0 Å². The number of hydrogen-bond donors (Lipinski definition) is 0.